The molecule has 20 heavy (non-hydrogen) atoms. The van der Waals surface area contributed by atoms with Crippen molar-refractivity contribution in [3.63, 3.8) is 0 Å². The van der Waals surface area contributed by atoms with Gasteiger partial charge >= 0.3 is 0 Å². The summed E-state index contributed by atoms with van der Waals surface area (Å²) in [5, 5.41) is 10.0. The van der Waals surface area contributed by atoms with E-state index in [1.807, 2.05) is 43.3 Å². The van der Waals surface area contributed by atoms with Gasteiger partial charge in [0.2, 0.25) is 0 Å². The molecule has 0 bridgehead atoms. The zero-order chi connectivity index (χ0) is 14.9. The highest BCUT2D eigenvalue weighted by molar-refractivity contribution is 5.94. The van der Waals surface area contributed by atoms with Crippen molar-refractivity contribution < 1.29 is 9.90 Å². The second-order valence-electron chi connectivity index (χ2n) is 5.51. The summed E-state index contributed by atoms with van der Waals surface area (Å²) in [5.41, 5.74) is 4.86. The van der Waals surface area contributed by atoms with Crippen molar-refractivity contribution in [3.05, 3.63) is 53.1 Å². The smallest absolute Gasteiger partial charge is 0.159 e. The van der Waals surface area contributed by atoms with Crippen molar-refractivity contribution in [2.24, 2.45) is 0 Å². The molecule has 2 nitrogen and oxygen atoms in total. The Morgan fingerprint density at radius 3 is 2.20 bits per heavy atom. The number of aryl methyl sites for hydroxylation is 1. The van der Waals surface area contributed by atoms with Gasteiger partial charge < -0.3 is 5.11 Å². The first kappa shape index (κ1) is 14.3. The molecule has 0 unspecified atom stereocenters. The first-order valence-corrected chi connectivity index (χ1v) is 6.85. The molecule has 0 fully saturated rings. The number of carbonyl (C=O) groups is 1. The standard InChI is InChI=1S/C18H20O2/c1-11(2)16-10-17(12(3)9-18(16)20)15-7-5-14(6-8-15)13(4)19/h5-11,20H,1-4H3. The second-order valence-corrected chi connectivity index (χ2v) is 5.51. The van der Waals surface area contributed by atoms with E-state index < -0.39 is 0 Å². The van der Waals surface area contributed by atoms with Crippen molar-refractivity contribution in [2.45, 2.75) is 33.6 Å². The number of carbonyl (C=O) groups excluding carboxylic acids is 1. The molecule has 0 atom stereocenters. The summed E-state index contributed by atoms with van der Waals surface area (Å²) >= 11 is 0. The van der Waals surface area contributed by atoms with Crippen molar-refractivity contribution in [1.82, 2.24) is 0 Å². The summed E-state index contributed by atoms with van der Waals surface area (Å²) in [6.07, 6.45) is 0. The quantitative estimate of drug-likeness (QED) is 0.820. The lowest BCUT2D eigenvalue weighted by Gasteiger charge is -2.14. The van der Waals surface area contributed by atoms with Crippen LogP contribution in [0, 0.1) is 6.92 Å². The molecule has 2 aromatic carbocycles. The molecule has 0 heterocycles. The average molecular weight is 268 g/mol. The summed E-state index contributed by atoms with van der Waals surface area (Å²) in [6, 6.07) is 11.5. The molecular formula is C18H20O2. The maximum Gasteiger partial charge on any atom is 0.159 e. The van der Waals surface area contributed by atoms with Crippen LogP contribution in [-0.4, -0.2) is 10.9 Å². The van der Waals surface area contributed by atoms with Crippen LogP contribution in [0.4, 0.5) is 0 Å². The summed E-state index contributed by atoms with van der Waals surface area (Å²) in [5.74, 6) is 0.689. The molecule has 0 aromatic heterocycles. The van der Waals surface area contributed by atoms with Gasteiger partial charge in [-0.05, 0) is 54.2 Å². The molecule has 2 aromatic rings. The lowest BCUT2D eigenvalue weighted by molar-refractivity contribution is 0.101. The van der Waals surface area contributed by atoms with Gasteiger partial charge in [-0.3, -0.25) is 4.79 Å². The molecular weight excluding hydrogens is 248 g/mol. The van der Waals surface area contributed by atoms with Crippen LogP contribution in [0.2, 0.25) is 0 Å². The summed E-state index contributed by atoms with van der Waals surface area (Å²) in [4.78, 5) is 11.3. The Morgan fingerprint density at radius 1 is 1.10 bits per heavy atom. The minimum atomic E-state index is 0.0712. The minimum Gasteiger partial charge on any atom is -0.508 e. The van der Waals surface area contributed by atoms with Crippen molar-refractivity contribution in [1.29, 1.82) is 0 Å². The summed E-state index contributed by atoms with van der Waals surface area (Å²) in [7, 11) is 0. The van der Waals surface area contributed by atoms with E-state index >= 15 is 0 Å². The first-order chi connectivity index (χ1) is 9.40. The minimum absolute atomic E-state index is 0.0712. The number of hydrogen-bond acceptors (Lipinski definition) is 2. The van der Waals surface area contributed by atoms with Crippen molar-refractivity contribution in [3.8, 4) is 16.9 Å². The van der Waals surface area contributed by atoms with Gasteiger partial charge in [0, 0.05) is 5.56 Å². The zero-order valence-electron chi connectivity index (χ0n) is 12.4. The largest absolute Gasteiger partial charge is 0.508 e. The topological polar surface area (TPSA) is 37.3 Å². The fraction of sp³-hybridized carbons (Fsp3) is 0.278. The van der Waals surface area contributed by atoms with Gasteiger partial charge in [0.05, 0.1) is 0 Å². The number of Topliss-reactive ketones (excluding diaryl/α,β-unsaturated/α-hetero) is 1. The van der Waals surface area contributed by atoms with Gasteiger partial charge in [-0.2, -0.15) is 0 Å². The van der Waals surface area contributed by atoms with Gasteiger partial charge in [-0.15, -0.1) is 0 Å². The summed E-state index contributed by atoms with van der Waals surface area (Å²) < 4.78 is 0. The van der Waals surface area contributed by atoms with Gasteiger partial charge in [0.25, 0.3) is 0 Å². The molecule has 0 saturated carbocycles. The lowest BCUT2D eigenvalue weighted by Crippen LogP contribution is -1.94. The predicted molar refractivity (Wildman–Crippen MR) is 82.4 cm³/mol. The van der Waals surface area contributed by atoms with Crippen LogP contribution in [0.25, 0.3) is 11.1 Å². The molecule has 0 radical (unpaired) electrons. The highest BCUT2D eigenvalue weighted by Gasteiger charge is 2.11. The molecule has 0 aliphatic heterocycles. The highest BCUT2D eigenvalue weighted by Crippen LogP contribution is 2.33. The molecule has 1 N–H and O–H groups in total. The molecule has 2 heteroatoms. The molecule has 0 aliphatic rings. The van der Waals surface area contributed by atoms with Crippen LogP contribution in [0.1, 0.15) is 48.2 Å². The van der Waals surface area contributed by atoms with E-state index in [9.17, 15) is 9.90 Å². The van der Waals surface area contributed by atoms with Crippen LogP contribution in [0.3, 0.4) is 0 Å². The van der Waals surface area contributed by atoms with Gasteiger partial charge in [-0.25, -0.2) is 0 Å². The molecule has 0 spiro atoms. The van der Waals surface area contributed by atoms with Crippen LogP contribution in [0.5, 0.6) is 5.75 Å². The van der Waals surface area contributed by atoms with E-state index in [2.05, 4.69) is 13.8 Å². The SMILES string of the molecule is CC(=O)c1ccc(-c2cc(C(C)C)c(O)cc2C)cc1. The van der Waals surface area contributed by atoms with E-state index in [0.717, 1.165) is 22.3 Å². The van der Waals surface area contributed by atoms with Gasteiger partial charge in [0.15, 0.2) is 5.78 Å². The van der Waals surface area contributed by atoms with Gasteiger partial charge in [-0.1, -0.05) is 38.1 Å². The Labute approximate surface area is 120 Å². The molecule has 104 valence electrons. The molecule has 0 aliphatic carbocycles. The monoisotopic (exact) mass is 268 g/mol. The maximum absolute atomic E-state index is 11.3. The normalized spacial score (nSPS) is 10.8. The lowest BCUT2D eigenvalue weighted by atomic mass is 9.92. The second kappa shape index (κ2) is 5.49. The fourth-order valence-corrected chi connectivity index (χ4v) is 2.37. The number of benzene rings is 2. The number of phenols is 1. The third kappa shape index (κ3) is 2.74. The van der Waals surface area contributed by atoms with Crippen LogP contribution in [-0.2, 0) is 0 Å². The van der Waals surface area contributed by atoms with Gasteiger partial charge in [0.1, 0.15) is 5.75 Å². The number of phenolic OH excluding ortho intramolecular Hbond substituents is 1. The van der Waals surface area contributed by atoms with E-state index in [4.69, 9.17) is 0 Å². The zero-order valence-corrected chi connectivity index (χ0v) is 12.4. The van der Waals surface area contributed by atoms with E-state index in [0.29, 0.717) is 11.3 Å². The Hall–Kier alpha value is -2.09. The van der Waals surface area contributed by atoms with Crippen LogP contribution < -0.4 is 0 Å². The third-order valence-corrected chi connectivity index (χ3v) is 3.60. The van der Waals surface area contributed by atoms with E-state index in [1.54, 1.807) is 6.92 Å². The number of ketones is 1. The average Bonchev–Trinajstić information content (AvgIpc) is 2.38. The third-order valence-electron chi connectivity index (χ3n) is 3.60. The number of rotatable bonds is 3. The Balaban J connectivity index is 2.51. The molecule has 2 rings (SSSR count). The Morgan fingerprint density at radius 2 is 1.70 bits per heavy atom. The Bertz CT molecular complexity index is 637. The highest BCUT2D eigenvalue weighted by atomic mass is 16.3. The summed E-state index contributed by atoms with van der Waals surface area (Å²) in [6.45, 7) is 7.68. The number of aromatic hydroxyl groups is 1. The molecule has 0 saturated heterocycles. The fourth-order valence-electron chi connectivity index (χ4n) is 2.37. The number of hydrogen-bond donors (Lipinski definition) is 1. The first-order valence-electron chi connectivity index (χ1n) is 6.85. The molecule has 0 amide bonds. The van der Waals surface area contributed by atoms with Crippen LogP contribution in [0.15, 0.2) is 36.4 Å². The van der Waals surface area contributed by atoms with Crippen LogP contribution >= 0.6 is 0 Å². The van der Waals surface area contributed by atoms with Crippen molar-refractivity contribution >= 4 is 5.78 Å². The van der Waals surface area contributed by atoms with Crippen molar-refractivity contribution in [2.75, 3.05) is 0 Å². The van der Waals surface area contributed by atoms with E-state index in [-0.39, 0.29) is 11.7 Å². The predicted octanol–water partition coefficient (Wildman–Crippen LogP) is 4.69. The van der Waals surface area contributed by atoms with E-state index in [1.165, 1.54) is 0 Å². The maximum atomic E-state index is 11.3. The Kier molecular flexibility index (Phi) is 3.93.